The van der Waals surface area contributed by atoms with Gasteiger partial charge in [-0.15, -0.1) is 11.3 Å². The minimum atomic E-state index is -0.733. The van der Waals surface area contributed by atoms with Crippen LogP contribution in [-0.4, -0.2) is 17.0 Å². The van der Waals surface area contributed by atoms with E-state index in [4.69, 9.17) is 5.11 Å². The third-order valence-electron chi connectivity index (χ3n) is 3.55. The lowest BCUT2D eigenvalue weighted by atomic mass is 9.81. The van der Waals surface area contributed by atoms with Crippen molar-refractivity contribution >= 4 is 28.2 Å². The van der Waals surface area contributed by atoms with E-state index in [1.165, 1.54) is 11.3 Å². The first-order valence-corrected chi connectivity index (χ1v) is 7.03. The summed E-state index contributed by atoms with van der Waals surface area (Å²) >= 11 is 1.52. The van der Waals surface area contributed by atoms with Gasteiger partial charge in [-0.3, -0.25) is 9.59 Å². The molecule has 1 heterocycles. The highest BCUT2D eigenvalue weighted by atomic mass is 32.1. The van der Waals surface area contributed by atoms with Crippen LogP contribution in [0.4, 0.5) is 5.00 Å². The van der Waals surface area contributed by atoms with Crippen LogP contribution in [0, 0.1) is 18.8 Å². The van der Waals surface area contributed by atoms with Crippen molar-refractivity contribution in [3.8, 4) is 0 Å². The van der Waals surface area contributed by atoms with Gasteiger partial charge in [-0.05, 0) is 49.6 Å². The molecular formula is C13H17NO3S. The number of hydrogen-bond donors (Lipinski definition) is 2. The Morgan fingerprint density at radius 1 is 1.28 bits per heavy atom. The van der Waals surface area contributed by atoms with Crippen molar-refractivity contribution < 1.29 is 14.7 Å². The molecule has 0 aromatic carbocycles. The number of carboxylic acid groups (broad SMARTS) is 1. The molecule has 0 spiro atoms. The van der Waals surface area contributed by atoms with E-state index in [1.807, 2.05) is 18.4 Å². The minimum Gasteiger partial charge on any atom is -0.481 e. The Labute approximate surface area is 110 Å². The highest BCUT2D eigenvalue weighted by Crippen LogP contribution is 2.31. The predicted molar refractivity (Wildman–Crippen MR) is 70.8 cm³/mol. The van der Waals surface area contributed by atoms with Crippen molar-refractivity contribution in [2.75, 3.05) is 5.32 Å². The number of carbonyl (C=O) groups is 2. The second-order valence-corrected chi connectivity index (χ2v) is 5.72. The fourth-order valence-electron chi connectivity index (χ4n) is 2.32. The summed E-state index contributed by atoms with van der Waals surface area (Å²) in [7, 11) is 0. The van der Waals surface area contributed by atoms with Gasteiger partial charge in [0.15, 0.2) is 0 Å². The molecule has 1 saturated carbocycles. The molecule has 0 saturated heterocycles. The summed E-state index contributed by atoms with van der Waals surface area (Å²) in [5, 5.41) is 14.7. The predicted octanol–water partition coefficient (Wildman–Crippen LogP) is 2.89. The number of hydrogen-bond acceptors (Lipinski definition) is 3. The zero-order valence-electron chi connectivity index (χ0n) is 10.3. The second-order valence-electron chi connectivity index (χ2n) is 4.81. The maximum atomic E-state index is 12.0. The molecule has 0 radical (unpaired) electrons. The molecule has 0 bridgehead atoms. The number of thiophene rings is 1. The number of amides is 1. The van der Waals surface area contributed by atoms with E-state index in [0.717, 1.165) is 10.6 Å². The van der Waals surface area contributed by atoms with Crippen LogP contribution in [0.25, 0.3) is 0 Å². The van der Waals surface area contributed by atoms with Crippen LogP contribution in [0.1, 0.15) is 31.2 Å². The fraction of sp³-hybridized carbons (Fsp3) is 0.538. The quantitative estimate of drug-likeness (QED) is 0.885. The van der Waals surface area contributed by atoms with Crippen LogP contribution in [0.5, 0.6) is 0 Å². The van der Waals surface area contributed by atoms with Crippen LogP contribution in [-0.2, 0) is 9.59 Å². The lowest BCUT2D eigenvalue weighted by Gasteiger charge is -2.25. The van der Waals surface area contributed by atoms with Gasteiger partial charge in [0.25, 0.3) is 0 Å². The number of carbonyl (C=O) groups excluding carboxylic acids is 1. The summed E-state index contributed by atoms with van der Waals surface area (Å²) in [6.07, 6.45) is 2.56. The summed E-state index contributed by atoms with van der Waals surface area (Å²) in [6, 6.07) is 1.97. The molecule has 5 heteroatoms. The van der Waals surface area contributed by atoms with Crippen molar-refractivity contribution in [1.29, 1.82) is 0 Å². The lowest BCUT2D eigenvalue weighted by Crippen LogP contribution is -2.29. The maximum absolute atomic E-state index is 12.0. The van der Waals surface area contributed by atoms with E-state index >= 15 is 0 Å². The van der Waals surface area contributed by atoms with E-state index in [-0.39, 0.29) is 17.7 Å². The summed E-state index contributed by atoms with van der Waals surface area (Å²) in [5.74, 6) is -1.01. The molecule has 98 valence electrons. The van der Waals surface area contributed by atoms with Gasteiger partial charge in [0.2, 0.25) is 5.91 Å². The van der Waals surface area contributed by atoms with Crippen molar-refractivity contribution in [3.63, 3.8) is 0 Å². The number of aryl methyl sites for hydroxylation is 1. The first-order valence-electron chi connectivity index (χ1n) is 6.15. The molecule has 18 heavy (non-hydrogen) atoms. The Bertz CT molecular complexity index is 447. The summed E-state index contributed by atoms with van der Waals surface area (Å²) < 4.78 is 0. The van der Waals surface area contributed by atoms with E-state index in [0.29, 0.717) is 25.7 Å². The van der Waals surface area contributed by atoms with Gasteiger partial charge in [-0.2, -0.15) is 0 Å². The maximum Gasteiger partial charge on any atom is 0.306 e. The molecular weight excluding hydrogens is 250 g/mol. The third-order valence-corrected chi connectivity index (χ3v) is 4.48. The molecule has 4 nitrogen and oxygen atoms in total. The van der Waals surface area contributed by atoms with Crippen LogP contribution in [0.15, 0.2) is 11.4 Å². The summed E-state index contributed by atoms with van der Waals surface area (Å²) in [6.45, 7) is 1.97. The standard InChI is InChI=1S/C13H17NO3S/c1-8-6-7-18-12(8)14-11(15)9-2-4-10(5-3-9)13(16)17/h6-7,9-10H,2-5H2,1H3,(H,14,15)(H,16,17). The van der Waals surface area contributed by atoms with Crippen LogP contribution < -0.4 is 5.32 Å². The van der Waals surface area contributed by atoms with E-state index < -0.39 is 5.97 Å². The normalized spacial score (nSPS) is 23.6. The third kappa shape index (κ3) is 2.90. The van der Waals surface area contributed by atoms with Gasteiger partial charge in [0.05, 0.1) is 10.9 Å². The largest absolute Gasteiger partial charge is 0.481 e. The molecule has 0 aliphatic heterocycles. The number of rotatable bonds is 3. The second kappa shape index (κ2) is 5.52. The highest BCUT2D eigenvalue weighted by Gasteiger charge is 2.29. The topological polar surface area (TPSA) is 66.4 Å². The molecule has 1 fully saturated rings. The Morgan fingerprint density at radius 3 is 2.39 bits per heavy atom. The SMILES string of the molecule is Cc1ccsc1NC(=O)C1CCC(C(=O)O)CC1. The van der Waals surface area contributed by atoms with Gasteiger partial charge in [0.1, 0.15) is 0 Å². The van der Waals surface area contributed by atoms with Gasteiger partial charge >= 0.3 is 5.97 Å². The highest BCUT2D eigenvalue weighted by molar-refractivity contribution is 7.14. The monoisotopic (exact) mass is 267 g/mol. The first kappa shape index (κ1) is 13.1. The molecule has 2 N–H and O–H groups in total. The molecule has 1 aromatic heterocycles. The zero-order valence-corrected chi connectivity index (χ0v) is 11.1. The number of nitrogens with one attached hydrogen (secondary N) is 1. The molecule has 1 aliphatic rings. The Kier molecular flexibility index (Phi) is 4.01. The summed E-state index contributed by atoms with van der Waals surface area (Å²) in [4.78, 5) is 22.9. The molecule has 1 amide bonds. The van der Waals surface area contributed by atoms with Gasteiger partial charge in [-0.1, -0.05) is 0 Å². The van der Waals surface area contributed by atoms with Gasteiger partial charge in [0, 0.05) is 5.92 Å². The van der Waals surface area contributed by atoms with Crippen LogP contribution >= 0.6 is 11.3 Å². The summed E-state index contributed by atoms with van der Waals surface area (Å²) in [5.41, 5.74) is 1.08. The average Bonchev–Trinajstić information content (AvgIpc) is 2.75. The van der Waals surface area contributed by atoms with Crippen molar-refractivity contribution in [2.24, 2.45) is 11.8 Å². The van der Waals surface area contributed by atoms with E-state index in [2.05, 4.69) is 5.32 Å². The molecule has 0 atom stereocenters. The van der Waals surface area contributed by atoms with Crippen molar-refractivity contribution in [3.05, 3.63) is 17.0 Å². The molecule has 2 rings (SSSR count). The minimum absolute atomic E-state index is 0.0318. The number of carboxylic acids is 1. The Balaban J connectivity index is 1.88. The van der Waals surface area contributed by atoms with Crippen molar-refractivity contribution in [2.45, 2.75) is 32.6 Å². The Morgan fingerprint density at radius 2 is 1.89 bits per heavy atom. The number of aliphatic carboxylic acids is 1. The average molecular weight is 267 g/mol. The van der Waals surface area contributed by atoms with Gasteiger partial charge in [-0.25, -0.2) is 0 Å². The van der Waals surface area contributed by atoms with Crippen LogP contribution in [0.3, 0.4) is 0 Å². The molecule has 0 unspecified atom stereocenters. The van der Waals surface area contributed by atoms with E-state index in [9.17, 15) is 9.59 Å². The molecule has 1 aliphatic carbocycles. The molecule has 1 aromatic rings. The number of anilines is 1. The van der Waals surface area contributed by atoms with Gasteiger partial charge < -0.3 is 10.4 Å². The first-order chi connectivity index (χ1) is 8.58. The Hall–Kier alpha value is -1.36. The van der Waals surface area contributed by atoms with Crippen molar-refractivity contribution in [1.82, 2.24) is 0 Å². The smallest absolute Gasteiger partial charge is 0.306 e. The van der Waals surface area contributed by atoms with Crippen LogP contribution in [0.2, 0.25) is 0 Å². The zero-order chi connectivity index (χ0) is 13.1. The fourth-order valence-corrected chi connectivity index (χ4v) is 3.14. The lowest BCUT2D eigenvalue weighted by molar-refractivity contribution is -0.143. The van der Waals surface area contributed by atoms with E-state index in [1.54, 1.807) is 0 Å².